The van der Waals surface area contributed by atoms with Crippen molar-refractivity contribution in [3.8, 4) is 11.1 Å². The molecular weight excluding hydrogens is 717 g/mol. The maximum absolute atomic E-state index is 2.47. The van der Waals surface area contributed by atoms with Gasteiger partial charge in [-0.1, -0.05) is 121 Å². The summed E-state index contributed by atoms with van der Waals surface area (Å²) in [5.74, 6) is 0. The first-order valence-electron chi connectivity index (χ1n) is 18.9. The summed E-state index contributed by atoms with van der Waals surface area (Å²) < 4.78 is 5.10. The van der Waals surface area contributed by atoms with E-state index >= 15 is 0 Å². The van der Waals surface area contributed by atoms with Crippen LogP contribution in [0.5, 0.6) is 0 Å². The average molecular weight is 751 g/mol. The summed E-state index contributed by atoms with van der Waals surface area (Å²) in [6.07, 6.45) is 0. The number of rotatable bonds is 7. The molecule has 2 aromatic heterocycles. The van der Waals surface area contributed by atoms with Crippen molar-refractivity contribution in [2.75, 3.05) is 9.80 Å². The lowest BCUT2D eigenvalue weighted by Gasteiger charge is -2.28. The van der Waals surface area contributed by atoms with Gasteiger partial charge < -0.3 is 9.80 Å². The number of fused-ring (bicyclic) bond motifs is 7. The van der Waals surface area contributed by atoms with E-state index in [4.69, 9.17) is 0 Å². The fraction of sp³-hybridized carbons (Fsp3) is 0. The Hall–Kier alpha value is -6.72. The summed E-state index contributed by atoms with van der Waals surface area (Å²) in [5, 5.41) is 7.60. The van der Waals surface area contributed by atoms with Crippen LogP contribution >= 0.6 is 22.7 Å². The van der Waals surface area contributed by atoms with E-state index in [2.05, 4.69) is 216 Å². The third-order valence-corrected chi connectivity index (χ3v) is 13.1. The molecule has 9 aromatic carbocycles. The zero-order valence-electron chi connectivity index (χ0n) is 30.3. The Balaban J connectivity index is 1.15. The van der Waals surface area contributed by atoms with Gasteiger partial charge in [0.25, 0.3) is 0 Å². The molecule has 0 amide bonds. The Labute approximate surface area is 333 Å². The molecule has 0 aliphatic carbocycles. The predicted molar refractivity (Wildman–Crippen MR) is 245 cm³/mol. The Morgan fingerprint density at radius 3 is 1.48 bits per heavy atom. The maximum atomic E-state index is 2.47. The summed E-state index contributed by atoms with van der Waals surface area (Å²) in [7, 11) is 0. The molecule has 0 saturated carbocycles. The van der Waals surface area contributed by atoms with Gasteiger partial charge in [-0.25, -0.2) is 0 Å². The van der Waals surface area contributed by atoms with Crippen LogP contribution in [0.25, 0.3) is 62.2 Å². The number of nitrogens with zero attached hydrogens (tertiary/aromatic N) is 2. The molecule has 0 unspecified atom stereocenters. The first kappa shape index (κ1) is 32.7. The molecule has 0 saturated heterocycles. The molecule has 2 nitrogen and oxygen atoms in total. The zero-order valence-corrected chi connectivity index (χ0v) is 32.0. The molecule has 4 heteroatoms. The summed E-state index contributed by atoms with van der Waals surface area (Å²) in [4.78, 5) is 4.87. The van der Waals surface area contributed by atoms with E-state index in [1.165, 1.54) is 62.2 Å². The molecular formula is C52H34N2S2. The molecule has 11 aromatic rings. The van der Waals surface area contributed by atoms with Crippen LogP contribution in [0.2, 0.25) is 0 Å². The van der Waals surface area contributed by atoms with E-state index in [1.54, 1.807) is 0 Å². The molecule has 0 spiro atoms. The van der Waals surface area contributed by atoms with E-state index in [1.807, 2.05) is 22.7 Å². The Morgan fingerprint density at radius 2 is 0.786 bits per heavy atom. The lowest BCUT2D eigenvalue weighted by atomic mass is 10.0. The first-order chi connectivity index (χ1) is 27.8. The second kappa shape index (κ2) is 13.5. The molecule has 0 bridgehead atoms. The number of para-hydroxylation sites is 2. The monoisotopic (exact) mass is 750 g/mol. The smallest absolute Gasteiger partial charge is 0.0555 e. The number of hydrogen-bond donors (Lipinski definition) is 0. The van der Waals surface area contributed by atoms with Crippen molar-refractivity contribution in [1.82, 2.24) is 0 Å². The van der Waals surface area contributed by atoms with Gasteiger partial charge in [-0.2, -0.15) is 0 Å². The molecule has 264 valence electrons. The van der Waals surface area contributed by atoms with E-state index in [9.17, 15) is 0 Å². The van der Waals surface area contributed by atoms with Gasteiger partial charge in [0, 0.05) is 63.1 Å². The van der Waals surface area contributed by atoms with E-state index in [0.29, 0.717) is 0 Å². The van der Waals surface area contributed by atoms with Crippen LogP contribution in [0.1, 0.15) is 0 Å². The standard InChI is InChI=1S/C52H34N2S2/c1-3-15-39(16-4-1)53(40-17-5-2-6-18-40)45-20-11-23-48-51(45)52-46(21-12-24-49(52)56-48)54(42-31-32-44-43-19-9-10-22-47(43)55-50(44)34-42)41-29-27-36(28-30-41)38-26-25-35-13-7-8-14-37(35)33-38/h1-34H. The zero-order chi connectivity index (χ0) is 37.0. The highest BCUT2D eigenvalue weighted by Gasteiger charge is 2.23. The first-order valence-corrected chi connectivity index (χ1v) is 20.6. The van der Waals surface area contributed by atoms with Crippen molar-refractivity contribution in [3.05, 3.63) is 206 Å². The van der Waals surface area contributed by atoms with Gasteiger partial charge in [-0.3, -0.25) is 0 Å². The number of hydrogen-bond acceptors (Lipinski definition) is 4. The van der Waals surface area contributed by atoms with Crippen LogP contribution in [0, 0.1) is 0 Å². The summed E-state index contributed by atoms with van der Waals surface area (Å²) in [6, 6.07) is 75.2. The second-order valence-electron chi connectivity index (χ2n) is 14.1. The van der Waals surface area contributed by atoms with Crippen LogP contribution in [0.4, 0.5) is 34.1 Å². The van der Waals surface area contributed by atoms with Crippen LogP contribution < -0.4 is 9.80 Å². The lowest BCUT2D eigenvalue weighted by Crippen LogP contribution is -2.11. The van der Waals surface area contributed by atoms with Crippen molar-refractivity contribution in [2.45, 2.75) is 0 Å². The fourth-order valence-corrected chi connectivity index (χ4v) is 10.5. The van der Waals surface area contributed by atoms with Crippen molar-refractivity contribution >= 4 is 108 Å². The van der Waals surface area contributed by atoms with Gasteiger partial charge in [0.15, 0.2) is 0 Å². The third kappa shape index (κ3) is 5.53. The van der Waals surface area contributed by atoms with E-state index in [0.717, 1.165) is 34.1 Å². The predicted octanol–water partition coefficient (Wildman–Crippen LogP) is 16.2. The third-order valence-electron chi connectivity index (χ3n) is 10.8. The lowest BCUT2D eigenvalue weighted by molar-refractivity contribution is 1.30. The van der Waals surface area contributed by atoms with Gasteiger partial charge in [0.2, 0.25) is 0 Å². The summed E-state index contributed by atoms with van der Waals surface area (Å²) >= 11 is 3.72. The Bertz CT molecular complexity index is 3160. The van der Waals surface area contributed by atoms with Crippen molar-refractivity contribution < 1.29 is 0 Å². The molecule has 0 atom stereocenters. The molecule has 11 rings (SSSR count). The van der Waals surface area contributed by atoms with Gasteiger partial charge in [0.1, 0.15) is 0 Å². The Morgan fingerprint density at radius 1 is 0.286 bits per heavy atom. The average Bonchev–Trinajstić information content (AvgIpc) is 3.84. The minimum absolute atomic E-state index is 1.11. The highest BCUT2D eigenvalue weighted by molar-refractivity contribution is 7.26. The minimum atomic E-state index is 1.11. The summed E-state index contributed by atoms with van der Waals surface area (Å²) in [5.41, 5.74) is 9.22. The molecule has 0 fully saturated rings. The number of thiophene rings is 2. The molecule has 0 radical (unpaired) electrons. The highest BCUT2D eigenvalue weighted by Crippen LogP contribution is 2.50. The molecule has 56 heavy (non-hydrogen) atoms. The van der Waals surface area contributed by atoms with Gasteiger partial charge >= 0.3 is 0 Å². The summed E-state index contributed by atoms with van der Waals surface area (Å²) in [6.45, 7) is 0. The fourth-order valence-electron chi connectivity index (χ4n) is 8.24. The maximum Gasteiger partial charge on any atom is 0.0555 e. The SMILES string of the molecule is c1ccc(N(c2ccccc2)c2cccc3sc4cccc(N(c5ccc(-c6ccc7ccccc7c6)cc5)c5ccc6c(c5)sc5ccccc56)c4c23)cc1. The number of benzene rings is 9. The number of anilines is 6. The molecule has 0 N–H and O–H groups in total. The highest BCUT2D eigenvalue weighted by atomic mass is 32.1. The van der Waals surface area contributed by atoms with Gasteiger partial charge in [-0.05, 0) is 107 Å². The molecule has 2 heterocycles. The van der Waals surface area contributed by atoms with Gasteiger partial charge in [-0.15, -0.1) is 22.7 Å². The quantitative estimate of drug-likeness (QED) is 0.160. The van der Waals surface area contributed by atoms with Gasteiger partial charge in [0.05, 0.1) is 11.4 Å². The normalized spacial score (nSPS) is 11.6. The van der Waals surface area contributed by atoms with Crippen LogP contribution in [-0.2, 0) is 0 Å². The minimum Gasteiger partial charge on any atom is -0.310 e. The van der Waals surface area contributed by atoms with Crippen molar-refractivity contribution in [1.29, 1.82) is 0 Å². The second-order valence-corrected chi connectivity index (χ2v) is 16.3. The van der Waals surface area contributed by atoms with Crippen LogP contribution in [0.3, 0.4) is 0 Å². The molecule has 0 aliphatic rings. The van der Waals surface area contributed by atoms with E-state index in [-0.39, 0.29) is 0 Å². The van der Waals surface area contributed by atoms with Crippen LogP contribution in [-0.4, -0.2) is 0 Å². The van der Waals surface area contributed by atoms with Crippen molar-refractivity contribution in [2.24, 2.45) is 0 Å². The Kier molecular flexibility index (Phi) is 7.90. The van der Waals surface area contributed by atoms with E-state index < -0.39 is 0 Å². The molecule has 0 aliphatic heterocycles. The van der Waals surface area contributed by atoms with Crippen LogP contribution in [0.15, 0.2) is 206 Å². The van der Waals surface area contributed by atoms with Crippen molar-refractivity contribution in [3.63, 3.8) is 0 Å². The topological polar surface area (TPSA) is 6.48 Å². The largest absolute Gasteiger partial charge is 0.310 e.